The van der Waals surface area contributed by atoms with Gasteiger partial charge in [0.1, 0.15) is 0 Å². The molecule has 2 aromatic heterocycles. The number of imidazole rings is 1. The molecule has 5 nitrogen and oxygen atoms in total. The zero-order valence-corrected chi connectivity index (χ0v) is 8.69. The molecule has 2 heterocycles. The third-order valence-electron chi connectivity index (χ3n) is 2.04. The summed E-state index contributed by atoms with van der Waals surface area (Å²) in [7, 11) is 0. The Kier molecular flexibility index (Phi) is 2.37. The Morgan fingerprint density at radius 1 is 1.53 bits per heavy atom. The molecule has 5 heteroatoms. The summed E-state index contributed by atoms with van der Waals surface area (Å²) in [6.45, 7) is 3.49. The molecule has 0 aliphatic rings. The fraction of sp³-hybridized carbons (Fsp3) is 0.300. The minimum atomic E-state index is -0.130. The van der Waals surface area contributed by atoms with E-state index in [1.807, 2.05) is 19.1 Å². The van der Waals surface area contributed by atoms with Gasteiger partial charge in [-0.2, -0.15) is 5.10 Å². The zero-order chi connectivity index (χ0) is 10.8. The van der Waals surface area contributed by atoms with Gasteiger partial charge in [-0.15, -0.1) is 0 Å². The lowest BCUT2D eigenvalue weighted by Gasteiger charge is -1.95. The van der Waals surface area contributed by atoms with Gasteiger partial charge in [-0.05, 0) is 18.6 Å². The molecule has 0 radical (unpaired) electrons. The van der Waals surface area contributed by atoms with E-state index in [0.717, 1.165) is 17.8 Å². The highest BCUT2D eigenvalue weighted by molar-refractivity contribution is 5.87. The molecule has 0 aliphatic carbocycles. The third kappa shape index (κ3) is 1.96. The molecule has 0 aromatic carbocycles. The van der Waals surface area contributed by atoms with Gasteiger partial charge < -0.3 is 5.32 Å². The molecule has 1 N–H and O–H groups in total. The first-order chi connectivity index (χ1) is 7.19. The lowest BCUT2D eigenvalue weighted by Crippen LogP contribution is -2.05. The Bertz CT molecular complexity index is 503. The first-order valence-electron chi connectivity index (χ1n) is 4.82. The van der Waals surface area contributed by atoms with Crippen molar-refractivity contribution in [3.05, 3.63) is 24.0 Å². The number of nitrogens with one attached hydrogen (secondary N) is 1. The van der Waals surface area contributed by atoms with Crippen LogP contribution in [0.2, 0.25) is 0 Å². The van der Waals surface area contributed by atoms with Crippen LogP contribution in [0.3, 0.4) is 0 Å². The standard InChI is InChI=1S/C10H12N4O/c1-3-8-4-5-10-12-9(11-7(2)15)6-14(10)13-8/h4-6H,3H2,1-2H3,(H,11,15). The smallest absolute Gasteiger partial charge is 0.222 e. The van der Waals surface area contributed by atoms with E-state index in [1.165, 1.54) is 6.92 Å². The van der Waals surface area contributed by atoms with E-state index in [2.05, 4.69) is 15.4 Å². The maximum Gasteiger partial charge on any atom is 0.222 e. The van der Waals surface area contributed by atoms with Crippen molar-refractivity contribution in [3.63, 3.8) is 0 Å². The summed E-state index contributed by atoms with van der Waals surface area (Å²) in [5.74, 6) is 0.400. The molecule has 15 heavy (non-hydrogen) atoms. The van der Waals surface area contributed by atoms with Crippen LogP contribution in [0.1, 0.15) is 19.5 Å². The number of nitrogens with zero attached hydrogens (tertiary/aromatic N) is 3. The normalized spacial score (nSPS) is 10.5. The molecule has 1 amide bonds. The zero-order valence-electron chi connectivity index (χ0n) is 8.69. The summed E-state index contributed by atoms with van der Waals surface area (Å²) in [6.07, 6.45) is 2.58. The van der Waals surface area contributed by atoms with Crippen molar-refractivity contribution in [2.45, 2.75) is 20.3 Å². The van der Waals surface area contributed by atoms with Crippen molar-refractivity contribution >= 4 is 17.4 Å². The highest BCUT2D eigenvalue weighted by atomic mass is 16.1. The highest BCUT2D eigenvalue weighted by Gasteiger charge is 2.03. The molecule has 78 valence electrons. The molecule has 0 saturated carbocycles. The van der Waals surface area contributed by atoms with Gasteiger partial charge in [0.25, 0.3) is 0 Å². The van der Waals surface area contributed by atoms with Crippen LogP contribution in [0.5, 0.6) is 0 Å². The maximum atomic E-state index is 10.8. The van der Waals surface area contributed by atoms with E-state index in [1.54, 1.807) is 10.7 Å². The van der Waals surface area contributed by atoms with Gasteiger partial charge in [-0.25, -0.2) is 9.50 Å². The Hall–Kier alpha value is -1.91. The molecule has 0 aliphatic heterocycles. The summed E-state index contributed by atoms with van der Waals surface area (Å²) in [6, 6.07) is 3.82. The molecule has 0 fully saturated rings. The molecular formula is C10H12N4O. The van der Waals surface area contributed by atoms with E-state index in [0.29, 0.717) is 5.82 Å². The van der Waals surface area contributed by atoms with Crippen LogP contribution in [0.25, 0.3) is 5.65 Å². The van der Waals surface area contributed by atoms with Crippen molar-refractivity contribution in [1.82, 2.24) is 14.6 Å². The van der Waals surface area contributed by atoms with Crippen LogP contribution in [-0.2, 0) is 11.2 Å². The number of aryl methyl sites for hydroxylation is 1. The number of amides is 1. The van der Waals surface area contributed by atoms with Crippen LogP contribution in [0.4, 0.5) is 5.82 Å². The predicted octanol–water partition coefficient (Wildman–Crippen LogP) is 1.25. The first kappa shape index (κ1) is 9.64. The fourth-order valence-electron chi connectivity index (χ4n) is 1.35. The van der Waals surface area contributed by atoms with Gasteiger partial charge in [-0.1, -0.05) is 6.92 Å². The highest BCUT2D eigenvalue weighted by Crippen LogP contribution is 2.08. The van der Waals surface area contributed by atoms with Crippen LogP contribution in [0, 0.1) is 0 Å². The molecule has 0 bridgehead atoms. The largest absolute Gasteiger partial charge is 0.310 e. The quantitative estimate of drug-likeness (QED) is 0.800. The fourth-order valence-corrected chi connectivity index (χ4v) is 1.35. The number of carbonyl (C=O) groups is 1. The van der Waals surface area contributed by atoms with E-state index in [-0.39, 0.29) is 5.91 Å². The van der Waals surface area contributed by atoms with Crippen LogP contribution >= 0.6 is 0 Å². The minimum absolute atomic E-state index is 0.130. The van der Waals surface area contributed by atoms with Gasteiger partial charge in [-0.3, -0.25) is 4.79 Å². The number of hydrogen-bond donors (Lipinski definition) is 1. The second kappa shape index (κ2) is 3.68. The topological polar surface area (TPSA) is 59.3 Å². The van der Waals surface area contributed by atoms with Crippen LogP contribution in [-0.4, -0.2) is 20.5 Å². The number of aromatic nitrogens is 3. The Labute approximate surface area is 87.1 Å². The van der Waals surface area contributed by atoms with Gasteiger partial charge in [0.15, 0.2) is 11.5 Å². The van der Waals surface area contributed by atoms with E-state index < -0.39 is 0 Å². The average molecular weight is 204 g/mol. The second-order valence-electron chi connectivity index (χ2n) is 3.29. The van der Waals surface area contributed by atoms with Crippen molar-refractivity contribution in [2.75, 3.05) is 5.32 Å². The minimum Gasteiger partial charge on any atom is -0.310 e. The molecule has 0 unspecified atom stereocenters. The Balaban J connectivity index is 2.42. The molecule has 0 atom stereocenters. The lowest BCUT2D eigenvalue weighted by molar-refractivity contribution is -0.114. The van der Waals surface area contributed by atoms with Crippen molar-refractivity contribution < 1.29 is 4.79 Å². The summed E-state index contributed by atoms with van der Waals surface area (Å²) < 4.78 is 1.67. The molecule has 0 spiro atoms. The summed E-state index contributed by atoms with van der Waals surface area (Å²) >= 11 is 0. The monoisotopic (exact) mass is 204 g/mol. The van der Waals surface area contributed by atoms with Gasteiger partial charge in [0, 0.05) is 6.92 Å². The van der Waals surface area contributed by atoms with Crippen molar-refractivity contribution in [2.24, 2.45) is 0 Å². The first-order valence-corrected chi connectivity index (χ1v) is 4.82. The van der Waals surface area contributed by atoms with Crippen molar-refractivity contribution in [1.29, 1.82) is 0 Å². The number of anilines is 1. The molecular weight excluding hydrogens is 192 g/mol. The van der Waals surface area contributed by atoms with Crippen molar-refractivity contribution in [3.8, 4) is 0 Å². The van der Waals surface area contributed by atoms with E-state index in [4.69, 9.17) is 0 Å². The van der Waals surface area contributed by atoms with Crippen LogP contribution in [0.15, 0.2) is 18.3 Å². The Morgan fingerprint density at radius 3 is 3.00 bits per heavy atom. The van der Waals surface area contributed by atoms with E-state index >= 15 is 0 Å². The van der Waals surface area contributed by atoms with Crippen LogP contribution < -0.4 is 5.32 Å². The van der Waals surface area contributed by atoms with Gasteiger partial charge in [0.2, 0.25) is 5.91 Å². The molecule has 2 rings (SSSR count). The summed E-state index contributed by atoms with van der Waals surface area (Å²) in [4.78, 5) is 15.0. The SMILES string of the molecule is CCc1ccc2nc(NC(C)=O)cn2n1. The lowest BCUT2D eigenvalue weighted by atomic mass is 10.3. The predicted molar refractivity (Wildman–Crippen MR) is 56.7 cm³/mol. The van der Waals surface area contributed by atoms with Gasteiger partial charge in [0.05, 0.1) is 11.9 Å². The Morgan fingerprint density at radius 2 is 2.33 bits per heavy atom. The summed E-state index contributed by atoms with van der Waals surface area (Å²) in [5, 5.41) is 6.95. The second-order valence-corrected chi connectivity index (χ2v) is 3.29. The number of rotatable bonds is 2. The molecule has 0 saturated heterocycles. The van der Waals surface area contributed by atoms with Gasteiger partial charge >= 0.3 is 0 Å². The third-order valence-corrected chi connectivity index (χ3v) is 2.04. The number of carbonyl (C=O) groups excluding carboxylic acids is 1. The maximum absolute atomic E-state index is 10.8. The number of fused-ring (bicyclic) bond motifs is 1. The molecule has 2 aromatic rings. The van der Waals surface area contributed by atoms with E-state index in [9.17, 15) is 4.79 Å². The number of hydrogen-bond acceptors (Lipinski definition) is 3. The average Bonchev–Trinajstić information content (AvgIpc) is 2.57. The summed E-state index contributed by atoms with van der Waals surface area (Å²) in [5.41, 5.74) is 1.73.